The molecule has 4 aromatic rings. The van der Waals surface area contributed by atoms with Crippen molar-refractivity contribution in [2.24, 2.45) is 0 Å². The number of carbonyl (C=O) groups is 1. The van der Waals surface area contributed by atoms with E-state index in [9.17, 15) is 13.6 Å². The smallest absolute Gasteiger partial charge is 0.234 e. The summed E-state index contributed by atoms with van der Waals surface area (Å²) in [5.41, 5.74) is 2.10. The largest absolute Gasteiger partial charge is 0.323 e. The maximum Gasteiger partial charge on any atom is 0.234 e. The van der Waals surface area contributed by atoms with Crippen molar-refractivity contribution < 1.29 is 13.6 Å². The minimum Gasteiger partial charge on any atom is -0.323 e. The van der Waals surface area contributed by atoms with Gasteiger partial charge in [0, 0.05) is 16.1 Å². The maximum absolute atomic E-state index is 13.7. The van der Waals surface area contributed by atoms with Crippen LogP contribution in [0.15, 0.2) is 64.2 Å². The molecule has 0 bridgehead atoms. The summed E-state index contributed by atoms with van der Waals surface area (Å²) in [5.74, 6) is -2.04. The third kappa shape index (κ3) is 4.43. The van der Waals surface area contributed by atoms with Crippen molar-refractivity contribution in [2.75, 3.05) is 11.1 Å². The lowest BCUT2D eigenvalue weighted by molar-refractivity contribution is -0.113. The summed E-state index contributed by atoms with van der Waals surface area (Å²) in [6.07, 6.45) is 0. The number of halogens is 3. The van der Waals surface area contributed by atoms with Gasteiger partial charge >= 0.3 is 0 Å². The van der Waals surface area contributed by atoms with Crippen molar-refractivity contribution >= 4 is 44.9 Å². The lowest BCUT2D eigenvalue weighted by Crippen LogP contribution is -2.15. The Bertz CT molecular complexity index is 1200. The second kappa shape index (κ2) is 8.26. The van der Waals surface area contributed by atoms with E-state index in [1.165, 1.54) is 6.07 Å². The van der Waals surface area contributed by atoms with Gasteiger partial charge in [-0.2, -0.15) is 9.61 Å². The van der Waals surface area contributed by atoms with E-state index in [0.29, 0.717) is 16.9 Å². The van der Waals surface area contributed by atoms with Crippen molar-refractivity contribution in [3.8, 4) is 11.3 Å². The molecule has 29 heavy (non-hydrogen) atoms. The average Bonchev–Trinajstić information content (AvgIpc) is 3.11. The summed E-state index contributed by atoms with van der Waals surface area (Å²) in [4.78, 5) is 12.1. The fourth-order valence-electron chi connectivity index (χ4n) is 2.54. The van der Waals surface area contributed by atoms with Gasteiger partial charge in [0.05, 0.1) is 17.1 Å². The highest BCUT2D eigenvalue weighted by molar-refractivity contribution is 9.10. The first-order chi connectivity index (χ1) is 14.0. The second-order valence-corrected chi connectivity index (χ2v) is 7.80. The van der Waals surface area contributed by atoms with E-state index in [-0.39, 0.29) is 11.4 Å². The molecule has 4 rings (SSSR count). The van der Waals surface area contributed by atoms with E-state index < -0.39 is 17.5 Å². The van der Waals surface area contributed by atoms with Crippen molar-refractivity contribution in [1.82, 2.24) is 19.8 Å². The molecule has 2 aromatic heterocycles. The quantitative estimate of drug-likeness (QED) is 0.428. The van der Waals surface area contributed by atoms with Crippen molar-refractivity contribution in [2.45, 2.75) is 5.16 Å². The number of carbonyl (C=O) groups excluding carboxylic acids is 1. The van der Waals surface area contributed by atoms with Crippen LogP contribution >= 0.6 is 27.7 Å². The highest BCUT2D eigenvalue weighted by Crippen LogP contribution is 2.23. The topological polar surface area (TPSA) is 72.2 Å². The molecule has 146 valence electrons. The molecule has 0 aliphatic carbocycles. The fourth-order valence-corrected chi connectivity index (χ4v) is 3.49. The minimum atomic E-state index is -0.836. The van der Waals surface area contributed by atoms with Crippen LogP contribution in [0.2, 0.25) is 0 Å². The van der Waals surface area contributed by atoms with Gasteiger partial charge < -0.3 is 5.32 Å². The van der Waals surface area contributed by atoms with Crippen LogP contribution in [0.25, 0.3) is 16.9 Å². The van der Waals surface area contributed by atoms with Crippen LogP contribution in [0.3, 0.4) is 0 Å². The Balaban J connectivity index is 1.49. The van der Waals surface area contributed by atoms with E-state index in [1.807, 2.05) is 30.3 Å². The van der Waals surface area contributed by atoms with Gasteiger partial charge in [-0.15, -0.1) is 10.2 Å². The van der Waals surface area contributed by atoms with Gasteiger partial charge in [0.15, 0.2) is 5.65 Å². The summed E-state index contributed by atoms with van der Waals surface area (Å²) in [5, 5.41) is 15.5. The summed E-state index contributed by atoms with van der Waals surface area (Å²) >= 11 is 4.51. The highest BCUT2D eigenvalue weighted by Gasteiger charge is 2.13. The van der Waals surface area contributed by atoms with Gasteiger partial charge in [0.1, 0.15) is 11.6 Å². The minimum absolute atomic E-state index is 0.0399. The van der Waals surface area contributed by atoms with Gasteiger partial charge in [-0.05, 0) is 36.4 Å². The Hall–Kier alpha value is -2.85. The number of rotatable bonds is 5. The monoisotopic (exact) mass is 475 g/mol. The molecule has 0 atom stereocenters. The first kappa shape index (κ1) is 19.5. The molecule has 0 fully saturated rings. The number of benzene rings is 2. The van der Waals surface area contributed by atoms with E-state index in [1.54, 1.807) is 10.6 Å². The van der Waals surface area contributed by atoms with Crippen LogP contribution < -0.4 is 5.32 Å². The van der Waals surface area contributed by atoms with Crippen LogP contribution in [-0.4, -0.2) is 31.5 Å². The first-order valence-electron chi connectivity index (χ1n) is 8.36. The van der Waals surface area contributed by atoms with E-state index in [0.717, 1.165) is 33.6 Å². The Labute approximate surface area is 176 Å². The van der Waals surface area contributed by atoms with E-state index in [2.05, 4.69) is 36.5 Å². The molecular weight excluding hydrogens is 464 g/mol. The van der Waals surface area contributed by atoms with Crippen LogP contribution in [0.5, 0.6) is 0 Å². The highest BCUT2D eigenvalue weighted by atomic mass is 79.9. The Morgan fingerprint density at radius 2 is 1.86 bits per heavy atom. The van der Waals surface area contributed by atoms with E-state index in [4.69, 9.17) is 0 Å². The zero-order chi connectivity index (χ0) is 20.4. The van der Waals surface area contributed by atoms with Crippen molar-refractivity contribution in [3.05, 3.63) is 70.7 Å². The summed E-state index contributed by atoms with van der Waals surface area (Å²) in [6, 6.07) is 14.3. The summed E-state index contributed by atoms with van der Waals surface area (Å²) < 4.78 is 29.1. The summed E-state index contributed by atoms with van der Waals surface area (Å²) in [7, 11) is 0. The van der Waals surface area contributed by atoms with Gasteiger partial charge in [-0.1, -0.05) is 39.8 Å². The van der Waals surface area contributed by atoms with Gasteiger partial charge in [0.25, 0.3) is 0 Å². The van der Waals surface area contributed by atoms with Gasteiger partial charge in [-0.3, -0.25) is 4.79 Å². The van der Waals surface area contributed by atoms with Gasteiger partial charge in [0.2, 0.25) is 11.1 Å². The molecule has 0 saturated heterocycles. The number of hydrogen-bond donors (Lipinski definition) is 1. The lowest BCUT2D eigenvalue weighted by atomic mass is 10.1. The molecule has 0 aliphatic heterocycles. The summed E-state index contributed by atoms with van der Waals surface area (Å²) in [6.45, 7) is 0. The second-order valence-electron chi connectivity index (χ2n) is 5.94. The molecule has 2 aromatic carbocycles. The maximum atomic E-state index is 13.7. The molecule has 2 heterocycles. The third-order valence-electron chi connectivity index (χ3n) is 3.91. The standard InChI is InChI=1S/C19H12BrF2N5OS/c20-12-3-1-11(2-4-12)15-7-8-17-24-25-19(27(17)26-15)29-10-18(28)23-16-6-5-13(21)9-14(16)22/h1-9H,10H2,(H,23,28). The molecule has 0 saturated carbocycles. The number of hydrogen-bond acceptors (Lipinski definition) is 5. The van der Waals surface area contributed by atoms with Crippen LogP contribution in [0.4, 0.5) is 14.5 Å². The first-order valence-corrected chi connectivity index (χ1v) is 10.1. The predicted molar refractivity (Wildman–Crippen MR) is 110 cm³/mol. The van der Waals surface area contributed by atoms with Crippen LogP contribution in [0.1, 0.15) is 0 Å². The number of amides is 1. The zero-order valence-electron chi connectivity index (χ0n) is 14.6. The molecule has 0 aliphatic rings. The molecule has 10 heteroatoms. The third-order valence-corrected chi connectivity index (χ3v) is 5.36. The molecule has 6 nitrogen and oxygen atoms in total. The fraction of sp³-hybridized carbons (Fsp3) is 0.0526. The number of nitrogens with one attached hydrogen (secondary N) is 1. The average molecular weight is 476 g/mol. The molecule has 0 spiro atoms. The van der Waals surface area contributed by atoms with Crippen LogP contribution in [0, 0.1) is 11.6 Å². The van der Waals surface area contributed by atoms with E-state index >= 15 is 0 Å². The predicted octanol–water partition coefficient (Wildman–Crippen LogP) is 4.56. The lowest BCUT2D eigenvalue weighted by Gasteiger charge is -2.06. The SMILES string of the molecule is O=C(CSc1nnc2ccc(-c3ccc(Br)cc3)nn12)Nc1ccc(F)cc1F. The number of nitrogens with zero attached hydrogens (tertiary/aromatic N) is 4. The molecular formula is C19H12BrF2N5OS. The molecule has 1 amide bonds. The number of aromatic nitrogens is 4. The normalized spacial score (nSPS) is 11.0. The molecule has 0 unspecified atom stereocenters. The number of fused-ring (bicyclic) bond motifs is 1. The molecule has 1 N–H and O–H groups in total. The number of anilines is 1. The Morgan fingerprint density at radius 1 is 1.07 bits per heavy atom. The Morgan fingerprint density at radius 3 is 2.62 bits per heavy atom. The number of thioether (sulfide) groups is 1. The zero-order valence-corrected chi connectivity index (χ0v) is 17.0. The Kier molecular flexibility index (Phi) is 5.54. The molecule has 0 radical (unpaired) electrons. The van der Waals surface area contributed by atoms with Crippen molar-refractivity contribution in [1.29, 1.82) is 0 Å². The van der Waals surface area contributed by atoms with Crippen molar-refractivity contribution in [3.63, 3.8) is 0 Å². The van der Waals surface area contributed by atoms with Gasteiger partial charge in [-0.25, -0.2) is 8.78 Å². The van der Waals surface area contributed by atoms with Crippen LogP contribution in [-0.2, 0) is 4.79 Å².